The molecule has 0 aliphatic rings. The van der Waals surface area contributed by atoms with Gasteiger partial charge in [-0.2, -0.15) is 0 Å². The van der Waals surface area contributed by atoms with Crippen molar-refractivity contribution in [1.29, 1.82) is 0 Å². The van der Waals surface area contributed by atoms with Crippen molar-refractivity contribution in [2.45, 2.75) is 6.10 Å². The first-order chi connectivity index (χ1) is 6.20. The van der Waals surface area contributed by atoms with Gasteiger partial charge in [0.25, 0.3) is 0 Å². The summed E-state index contributed by atoms with van der Waals surface area (Å²) in [6, 6.07) is 1.52. The summed E-state index contributed by atoms with van der Waals surface area (Å²) in [6.07, 6.45) is -1.24. The standard InChI is InChI=1S/C8H9FO3S/c1-12-8(11)7-5(2-3-13-7)6(10)4-9/h2-3,6,10H,4H2,1H3. The highest BCUT2D eigenvalue weighted by molar-refractivity contribution is 7.12. The molecular weight excluding hydrogens is 195 g/mol. The second-order valence-corrected chi connectivity index (χ2v) is 3.28. The third kappa shape index (κ3) is 2.05. The van der Waals surface area contributed by atoms with Gasteiger partial charge in [0.2, 0.25) is 0 Å². The van der Waals surface area contributed by atoms with Crippen molar-refractivity contribution in [2.24, 2.45) is 0 Å². The molecule has 0 saturated carbocycles. The van der Waals surface area contributed by atoms with Crippen LogP contribution in [0.25, 0.3) is 0 Å². The Morgan fingerprint density at radius 1 is 1.85 bits per heavy atom. The van der Waals surface area contributed by atoms with Crippen molar-refractivity contribution in [3.8, 4) is 0 Å². The van der Waals surface area contributed by atoms with Crippen LogP contribution in [0.1, 0.15) is 21.3 Å². The summed E-state index contributed by atoms with van der Waals surface area (Å²) in [7, 11) is 1.24. The molecule has 72 valence electrons. The lowest BCUT2D eigenvalue weighted by Crippen LogP contribution is -2.06. The lowest BCUT2D eigenvalue weighted by atomic mass is 10.1. The third-order valence-electron chi connectivity index (χ3n) is 1.57. The Morgan fingerprint density at radius 3 is 3.08 bits per heavy atom. The monoisotopic (exact) mass is 204 g/mol. The Hall–Kier alpha value is -0.940. The number of carbonyl (C=O) groups excluding carboxylic acids is 1. The van der Waals surface area contributed by atoms with E-state index in [0.29, 0.717) is 5.56 Å². The number of carbonyl (C=O) groups is 1. The average Bonchev–Trinajstić information content (AvgIpc) is 2.63. The van der Waals surface area contributed by atoms with Gasteiger partial charge in [-0.05, 0) is 11.4 Å². The van der Waals surface area contributed by atoms with Gasteiger partial charge in [-0.25, -0.2) is 9.18 Å². The van der Waals surface area contributed by atoms with Crippen molar-refractivity contribution in [3.63, 3.8) is 0 Å². The molecule has 0 aromatic carbocycles. The summed E-state index contributed by atoms with van der Waals surface area (Å²) >= 11 is 1.12. The number of alkyl halides is 1. The molecule has 0 amide bonds. The van der Waals surface area contributed by atoms with E-state index in [-0.39, 0.29) is 4.88 Å². The maximum absolute atomic E-state index is 12.1. The topological polar surface area (TPSA) is 46.5 Å². The second kappa shape index (κ2) is 4.34. The number of ether oxygens (including phenoxy) is 1. The molecule has 13 heavy (non-hydrogen) atoms. The number of aliphatic hydroxyl groups excluding tert-OH is 1. The van der Waals surface area contributed by atoms with Gasteiger partial charge in [0.15, 0.2) is 0 Å². The molecule has 0 spiro atoms. The summed E-state index contributed by atoms with van der Waals surface area (Å²) in [4.78, 5) is 11.3. The van der Waals surface area contributed by atoms with Crippen LogP contribution >= 0.6 is 11.3 Å². The van der Waals surface area contributed by atoms with E-state index in [0.717, 1.165) is 11.3 Å². The summed E-state index contributed by atoms with van der Waals surface area (Å²) in [5, 5.41) is 10.8. The van der Waals surface area contributed by atoms with Crippen LogP contribution in [0.15, 0.2) is 11.4 Å². The average molecular weight is 204 g/mol. The van der Waals surface area contributed by atoms with E-state index in [1.165, 1.54) is 13.2 Å². The fourth-order valence-corrected chi connectivity index (χ4v) is 1.79. The van der Waals surface area contributed by atoms with Crippen molar-refractivity contribution < 1.29 is 19.0 Å². The number of hydrogen-bond donors (Lipinski definition) is 1. The summed E-state index contributed by atoms with van der Waals surface area (Å²) in [6.45, 7) is -0.902. The molecule has 1 atom stereocenters. The molecular formula is C8H9FO3S. The Balaban J connectivity index is 2.95. The van der Waals surface area contributed by atoms with Crippen LogP contribution in [0.4, 0.5) is 4.39 Å². The Kier molecular flexibility index (Phi) is 3.39. The molecule has 0 saturated heterocycles. The molecule has 0 aliphatic carbocycles. The predicted octanol–water partition coefficient (Wildman–Crippen LogP) is 1.54. The van der Waals surface area contributed by atoms with Gasteiger partial charge in [0, 0.05) is 5.56 Å². The summed E-state index contributed by atoms with van der Waals surface area (Å²) in [5.74, 6) is -0.544. The molecule has 0 radical (unpaired) electrons. The van der Waals surface area contributed by atoms with Crippen LogP contribution in [-0.2, 0) is 4.74 Å². The molecule has 1 N–H and O–H groups in total. The highest BCUT2D eigenvalue weighted by atomic mass is 32.1. The number of halogens is 1. The zero-order chi connectivity index (χ0) is 9.84. The van der Waals surface area contributed by atoms with Crippen molar-refractivity contribution >= 4 is 17.3 Å². The van der Waals surface area contributed by atoms with Crippen LogP contribution < -0.4 is 0 Å². The van der Waals surface area contributed by atoms with E-state index in [2.05, 4.69) is 4.74 Å². The molecule has 0 aliphatic heterocycles. The predicted molar refractivity (Wildman–Crippen MR) is 46.6 cm³/mol. The van der Waals surface area contributed by atoms with E-state index in [1.807, 2.05) is 0 Å². The van der Waals surface area contributed by atoms with E-state index >= 15 is 0 Å². The first-order valence-electron chi connectivity index (χ1n) is 3.60. The SMILES string of the molecule is COC(=O)c1sccc1C(O)CF. The van der Waals surface area contributed by atoms with E-state index in [1.54, 1.807) is 5.38 Å². The van der Waals surface area contributed by atoms with Gasteiger partial charge in [0.1, 0.15) is 17.7 Å². The minimum Gasteiger partial charge on any atom is -0.465 e. The maximum atomic E-state index is 12.1. The van der Waals surface area contributed by atoms with Gasteiger partial charge < -0.3 is 9.84 Å². The van der Waals surface area contributed by atoms with Crippen molar-refractivity contribution in [2.75, 3.05) is 13.8 Å². The number of esters is 1. The molecule has 1 aromatic rings. The molecule has 1 unspecified atom stereocenters. The van der Waals surface area contributed by atoms with Gasteiger partial charge in [-0.1, -0.05) is 0 Å². The highest BCUT2D eigenvalue weighted by Crippen LogP contribution is 2.24. The van der Waals surface area contributed by atoms with E-state index in [4.69, 9.17) is 5.11 Å². The normalized spacial score (nSPS) is 12.5. The first-order valence-corrected chi connectivity index (χ1v) is 4.48. The molecule has 1 heterocycles. The van der Waals surface area contributed by atoms with E-state index < -0.39 is 18.7 Å². The van der Waals surface area contributed by atoms with Crippen molar-refractivity contribution in [1.82, 2.24) is 0 Å². The number of rotatable bonds is 3. The van der Waals surface area contributed by atoms with E-state index in [9.17, 15) is 9.18 Å². The van der Waals surface area contributed by atoms with Crippen molar-refractivity contribution in [3.05, 3.63) is 21.9 Å². The number of hydrogen-bond acceptors (Lipinski definition) is 4. The smallest absolute Gasteiger partial charge is 0.348 e. The molecule has 0 bridgehead atoms. The molecule has 3 nitrogen and oxygen atoms in total. The minimum atomic E-state index is -1.24. The zero-order valence-corrected chi connectivity index (χ0v) is 7.81. The Bertz CT molecular complexity index is 297. The van der Waals surface area contributed by atoms with Crippen LogP contribution in [0, 0.1) is 0 Å². The first kappa shape index (κ1) is 10.1. The van der Waals surface area contributed by atoms with Crippen LogP contribution in [0.5, 0.6) is 0 Å². The number of thiophene rings is 1. The van der Waals surface area contributed by atoms with Gasteiger partial charge >= 0.3 is 5.97 Å². The number of aliphatic hydroxyl groups is 1. The quantitative estimate of drug-likeness (QED) is 0.759. The molecule has 0 fully saturated rings. The second-order valence-electron chi connectivity index (χ2n) is 2.37. The maximum Gasteiger partial charge on any atom is 0.348 e. The van der Waals surface area contributed by atoms with Crippen LogP contribution in [-0.4, -0.2) is 24.9 Å². The lowest BCUT2D eigenvalue weighted by molar-refractivity contribution is 0.0597. The highest BCUT2D eigenvalue weighted by Gasteiger charge is 2.19. The minimum absolute atomic E-state index is 0.257. The fraction of sp³-hybridized carbons (Fsp3) is 0.375. The number of methoxy groups -OCH3 is 1. The summed E-state index contributed by atoms with van der Waals surface area (Å²) < 4.78 is 16.6. The Morgan fingerprint density at radius 2 is 2.54 bits per heavy atom. The Labute approximate surface area is 78.8 Å². The third-order valence-corrected chi connectivity index (χ3v) is 2.48. The van der Waals surface area contributed by atoms with Gasteiger partial charge in [0.05, 0.1) is 7.11 Å². The van der Waals surface area contributed by atoms with Gasteiger partial charge in [-0.15, -0.1) is 11.3 Å². The fourth-order valence-electron chi connectivity index (χ4n) is 0.923. The molecule has 5 heteroatoms. The zero-order valence-electron chi connectivity index (χ0n) is 6.99. The largest absolute Gasteiger partial charge is 0.465 e. The molecule has 1 rings (SSSR count). The van der Waals surface area contributed by atoms with Crippen LogP contribution in [0.3, 0.4) is 0 Å². The van der Waals surface area contributed by atoms with Crippen LogP contribution in [0.2, 0.25) is 0 Å². The lowest BCUT2D eigenvalue weighted by Gasteiger charge is -2.05. The molecule has 1 aromatic heterocycles. The summed E-state index contributed by atoms with van der Waals surface area (Å²) in [5.41, 5.74) is 0.291. The van der Waals surface area contributed by atoms with Gasteiger partial charge in [-0.3, -0.25) is 0 Å².